The predicted octanol–water partition coefficient (Wildman–Crippen LogP) is 1.55. The van der Waals surface area contributed by atoms with Crippen LogP contribution in [0.25, 0.3) is 0 Å². The summed E-state index contributed by atoms with van der Waals surface area (Å²) in [6.45, 7) is 9.00. The molecule has 0 aliphatic carbocycles. The van der Waals surface area contributed by atoms with E-state index in [1.165, 1.54) is 6.08 Å². The Morgan fingerprint density at radius 2 is 2.00 bits per heavy atom. The van der Waals surface area contributed by atoms with Gasteiger partial charge in [-0.2, -0.15) is 0 Å². The minimum atomic E-state index is -0.447. The fraction of sp³-hybridized carbons (Fsp3) is 0.222. The Labute approximate surface area is 67.1 Å². The van der Waals surface area contributed by atoms with Crippen LogP contribution in [0.5, 0.6) is 0 Å². The molecule has 0 saturated carbocycles. The van der Waals surface area contributed by atoms with Gasteiger partial charge in [-0.3, -0.25) is 4.79 Å². The van der Waals surface area contributed by atoms with Crippen molar-refractivity contribution in [2.24, 2.45) is 5.73 Å². The fourth-order valence-corrected chi connectivity index (χ4v) is 0.835. The van der Waals surface area contributed by atoms with Crippen molar-refractivity contribution in [1.82, 2.24) is 0 Å². The first kappa shape index (κ1) is 9.69. The van der Waals surface area contributed by atoms with Crippen LogP contribution in [0.4, 0.5) is 0 Å². The first-order valence-electron chi connectivity index (χ1n) is 3.45. The van der Waals surface area contributed by atoms with E-state index in [9.17, 15) is 4.79 Å². The van der Waals surface area contributed by atoms with Crippen molar-refractivity contribution in [1.29, 1.82) is 0 Å². The lowest BCUT2D eigenvalue weighted by molar-refractivity contribution is -0.114. The molecule has 0 bridgehead atoms. The molecule has 0 saturated heterocycles. The van der Waals surface area contributed by atoms with Crippen LogP contribution < -0.4 is 5.73 Å². The third-order valence-corrected chi connectivity index (χ3v) is 1.44. The van der Waals surface area contributed by atoms with E-state index < -0.39 is 5.91 Å². The van der Waals surface area contributed by atoms with Gasteiger partial charge in [-0.25, -0.2) is 0 Å². The zero-order valence-corrected chi connectivity index (χ0v) is 6.76. The van der Waals surface area contributed by atoms with Gasteiger partial charge in [0.05, 0.1) is 0 Å². The van der Waals surface area contributed by atoms with Crippen molar-refractivity contribution in [2.75, 3.05) is 0 Å². The molecule has 0 unspecified atom stereocenters. The van der Waals surface area contributed by atoms with E-state index in [0.717, 1.165) is 12.0 Å². The van der Waals surface area contributed by atoms with Crippen LogP contribution in [0.1, 0.15) is 13.3 Å². The Morgan fingerprint density at radius 1 is 1.45 bits per heavy atom. The number of rotatable bonds is 4. The molecule has 0 spiro atoms. The second-order valence-corrected chi connectivity index (χ2v) is 2.06. The summed E-state index contributed by atoms with van der Waals surface area (Å²) in [6.07, 6.45) is 3.83. The molecule has 0 heterocycles. The molecule has 0 aromatic carbocycles. The van der Waals surface area contributed by atoms with Gasteiger partial charge >= 0.3 is 0 Å². The van der Waals surface area contributed by atoms with Gasteiger partial charge in [-0.1, -0.05) is 32.2 Å². The van der Waals surface area contributed by atoms with Gasteiger partial charge < -0.3 is 5.73 Å². The minimum absolute atomic E-state index is 0.447. The summed E-state index contributed by atoms with van der Waals surface area (Å²) in [5, 5.41) is 0. The number of nitrogens with two attached hydrogens (primary N) is 1. The maximum atomic E-state index is 10.7. The molecule has 0 fully saturated rings. The number of hydrogen-bond donors (Lipinski definition) is 1. The Balaban J connectivity index is 4.92. The number of primary amides is 1. The van der Waals surface area contributed by atoms with Crippen LogP contribution in [0, 0.1) is 0 Å². The summed E-state index contributed by atoms with van der Waals surface area (Å²) in [4.78, 5) is 10.7. The lowest BCUT2D eigenvalue weighted by atomic mass is 10.1. The lowest BCUT2D eigenvalue weighted by Crippen LogP contribution is -2.13. The summed E-state index contributed by atoms with van der Waals surface area (Å²) in [6, 6.07) is 0. The van der Waals surface area contributed by atoms with Gasteiger partial charge in [-0.05, 0) is 12.0 Å². The van der Waals surface area contributed by atoms with E-state index in [4.69, 9.17) is 5.73 Å². The van der Waals surface area contributed by atoms with Gasteiger partial charge in [-0.15, -0.1) is 0 Å². The molecule has 60 valence electrons. The summed E-state index contributed by atoms with van der Waals surface area (Å²) >= 11 is 0. The van der Waals surface area contributed by atoms with Gasteiger partial charge in [0.2, 0.25) is 5.91 Å². The normalized spacial score (nSPS) is 11.7. The number of carbonyl (C=O) groups excluding carboxylic acids is 1. The quantitative estimate of drug-likeness (QED) is 0.480. The van der Waals surface area contributed by atoms with Crippen LogP contribution in [-0.4, -0.2) is 5.91 Å². The molecule has 0 aromatic rings. The Bertz CT molecular complexity index is 214. The number of carbonyl (C=O) groups is 1. The second kappa shape index (κ2) is 4.50. The molecule has 11 heavy (non-hydrogen) atoms. The zero-order valence-electron chi connectivity index (χ0n) is 6.76. The fourth-order valence-electron chi connectivity index (χ4n) is 0.835. The highest BCUT2D eigenvalue weighted by Crippen LogP contribution is 2.09. The Hall–Kier alpha value is -1.31. The van der Waals surface area contributed by atoms with Gasteiger partial charge in [0, 0.05) is 5.57 Å². The third-order valence-electron chi connectivity index (χ3n) is 1.44. The molecule has 0 atom stereocenters. The van der Waals surface area contributed by atoms with Crippen LogP contribution in [0.15, 0.2) is 36.5 Å². The first-order chi connectivity index (χ1) is 5.17. The van der Waals surface area contributed by atoms with Crippen molar-refractivity contribution in [3.05, 3.63) is 36.5 Å². The molecule has 1 amide bonds. The van der Waals surface area contributed by atoms with Crippen molar-refractivity contribution < 1.29 is 4.79 Å². The zero-order chi connectivity index (χ0) is 8.85. The largest absolute Gasteiger partial charge is 0.366 e. The number of amides is 1. The SMILES string of the molecule is C=C/C(CC)=C(\C=C)C(N)=O. The summed E-state index contributed by atoms with van der Waals surface area (Å²) < 4.78 is 0. The smallest absolute Gasteiger partial charge is 0.248 e. The van der Waals surface area contributed by atoms with Crippen molar-refractivity contribution in [3.63, 3.8) is 0 Å². The molecular formula is C9H13NO. The van der Waals surface area contributed by atoms with Crippen LogP contribution in [0.2, 0.25) is 0 Å². The first-order valence-corrected chi connectivity index (χ1v) is 3.45. The van der Waals surface area contributed by atoms with Crippen LogP contribution >= 0.6 is 0 Å². The second-order valence-electron chi connectivity index (χ2n) is 2.06. The van der Waals surface area contributed by atoms with Crippen LogP contribution in [-0.2, 0) is 4.79 Å². The molecule has 0 aliphatic heterocycles. The third kappa shape index (κ3) is 2.42. The van der Waals surface area contributed by atoms with Crippen molar-refractivity contribution in [3.8, 4) is 0 Å². The van der Waals surface area contributed by atoms with Crippen molar-refractivity contribution >= 4 is 5.91 Å². The highest BCUT2D eigenvalue weighted by Gasteiger charge is 2.03. The maximum Gasteiger partial charge on any atom is 0.248 e. The van der Waals surface area contributed by atoms with Crippen molar-refractivity contribution in [2.45, 2.75) is 13.3 Å². The molecule has 2 heteroatoms. The van der Waals surface area contributed by atoms with Gasteiger partial charge in [0.1, 0.15) is 0 Å². The van der Waals surface area contributed by atoms with E-state index in [-0.39, 0.29) is 0 Å². The average molecular weight is 151 g/mol. The Kier molecular flexibility index (Phi) is 3.96. The lowest BCUT2D eigenvalue weighted by Gasteiger charge is -2.01. The molecule has 0 radical (unpaired) electrons. The molecule has 0 aliphatic rings. The highest BCUT2D eigenvalue weighted by atomic mass is 16.1. The molecule has 2 N–H and O–H groups in total. The topological polar surface area (TPSA) is 43.1 Å². The monoisotopic (exact) mass is 151 g/mol. The van der Waals surface area contributed by atoms with E-state index >= 15 is 0 Å². The van der Waals surface area contributed by atoms with E-state index in [1.807, 2.05) is 6.92 Å². The van der Waals surface area contributed by atoms with E-state index in [2.05, 4.69) is 13.2 Å². The maximum absolute atomic E-state index is 10.7. The highest BCUT2D eigenvalue weighted by molar-refractivity contribution is 5.95. The predicted molar refractivity (Wildman–Crippen MR) is 46.9 cm³/mol. The van der Waals surface area contributed by atoms with Gasteiger partial charge in [0.25, 0.3) is 0 Å². The average Bonchev–Trinajstić information content (AvgIpc) is 1.99. The molecular weight excluding hydrogens is 138 g/mol. The molecule has 0 rings (SSSR count). The number of allylic oxidation sites excluding steroid dienone is 2. The summed E-state index contributed by atoms with van der Waals surface area (Å²) in [5.41, 5.74) is 6.38. The summed E-state index contributed by atoms with van der Waals surface area (Å²) in [7, 11) is 0. The number of hydrogen-bond acceptors (Lipinski definition) is 1. The standard InChI is InChI=1S/C9H13NO/c1-4-7(5-2)8(6-3)9(10)11/h4,6H,1,3,5H2,2H3,(H2,10,11)/b8-7-. The molecule has 2 nitrogen and oxygen atoms in total. The van der Waals surface area contributed by atoms with Gasteiger partial charge in [0.15, 0.2) is 0 Å². The van der Waals surface area contributed by atoms with E-state index in [1.54, 1.807) is 6.08 Å². The Morgan fingerprint density at radius 3 is 2.09 bits per heavy atom. The van der Waals surface area contributed by atoms with E-state index in [0.29, 0.717) is 5.57 Å². The minimum Gasteiger partial charge on any atom is -0.366 e. The summed E-state index contributed by atoms with van der Waals surface area (Å²) in [5.74, 6) is -0.447. The molecule has 0 aromatic heterocycles. The van der Waals surface area contributed by atoms with Crippen LogP contribution in [0.3, 0.4) is 0 Å².